The first-order chi connectivity index (χ1) is 13.1. The van der Waals surface area contributed by atoms with Crippen LogP contribution in [0.3, 0.4) is 0 Å². The van der Waals surface area contributed by atoms with Gasteiger partial charge in [0.05, 0.1) is 0 Å². The fourth-order valence-corrected chi connectivity index (χ4v) is 4.57. The van der Waals surface area contributed by atoms with Crippen LogP contribution in [-0.4, -0.2) is 38.7 Å². The Kier molecular flexibility index (Phi) is 3.71. The molecule has 1 amide bonds. The largest absolute Gasteiger partial charge is 0.342 e. The third-order valence-electron chi connectivity index (χ3n) is 6.52. The van der Waals surface area contributed by atoms with Crippen LogP contribution in [-0.2, 0) is 16.8 Å². The van der Waals surface area contributed by atoms with Crippen LogP contribution in [0.2, 0.25) is 0 Å². The maximum Gasteiger partial charge on any atom is 0.280 e. The standard InChI is InChI=1S/C21H24N4O2/c1-14-2-4-15(5-3-14)17-19(27)25-13-10-21(20(25)23-22-17)8-11-24(12-9-21)18(26)16-6-7-16/h2-5,16H,6-13H2,1H3. The quantitative estimate of drug-likeness (QED) is 0.820. The number of aromatic nitrogens is 3. The first kappa shape index (κ1) is 16.7. The molecule has 6 heteroatoms. The van der Waals surface area contributed by atoms with Gasteiger partial charge >= 0.3 is 0 Å². The van der Waals surface area contributed by atoms with Crippen molar-refractivity contribution in [1.82, 2.24) is 19.7 Å². The van der Waals surface area contributed by atoms with Gasteiger partial charge in [-0.05, 0) is 39.0 Å². The van der Waals surface area contributed by atoms with Crippen molar-refractivity contribution >= 4 is 5.91 Å². The highest BCUT2D eigenvalue weighted by molar-refractivity contribution is 5.81. The minimum absolute atomic E-state index is 0.0442. The highest BCUT2D eigenvalue weighted by Gasteiger charge is 2.46. The van der Waals surface area contributed by atoms with E-state index in [9.17, 15) is 9.59 Å². The fourth-order valence-electron chi connectivity index (χ4n) is 4.57. The average Bonchev–Trinajstić information content (AvgIpc) is 3.48. The molecule has 140 valence electrons. The molecule has 1 saturated carbocycles. The molecule has 1 saturated heterocycles. The molecule has 1 aliphatic carbocycles. The number of carbonyl (C=O) groups is 1. The van der Waals surface area contributed by atoms with Gasteiger partial charge in [0.1, 0.15) is 5.82 Å². The van der Waals surface area contributed by atoms with Gasteiger partial charge in [0, 0.05) is 36.5 Å². The molecule has 1 aromatic carbocycles. The lowest BCUT2D eigenvalue weighted by Gasteiger charge is -2.38. The van der Waals surface area contributed by atoms with E-state index in [1.54, 1.807) is 0 Å². The van der Waals surface area contributed by atoms with Crippen LogP contribution in [0, 0.1) is 12.8 Å². The van der Waals surface area contributed by atoms with Crippen molar-refractivity contribution in [3.05, 3.63) is 46.0 Å². The van der Waals surface area contributed by atoms with Gasteiger partial charge in [-0.25, -0.2) is 0 Å². The summed E-state index contributed by atoms with van der Waals surface area (Å²) in [7, 11) is 0. The van der Waals surface area contributed by atoms with Gasteiger partial charge in [-0.15, -0.1) is 10.2 Å². The summed E-state index contributed by atoms with van der Waals surface area (Å²) in [6, 6.07) is 7.84. The molecule has 3 aliphatic rings. The van der Waals surface area contributed by atoms with Crippen molar-refractivity contribution in [2.75, 3.05) is 13.1 Å². The zero-order valence-electron chi connectivity index (χ0n) is 15.6. The Morgan fingerprint density at radius 2 is 1.70 bits per heavy atom. The van der Waals surface area contributed by atoms with Crippen molar-refractivity contribution in [2.45, 2.75) is 51.0 Å². The number of nitrogens with zero attached hydrogens (tertiary/aromatic N) is 4. The fraction of sp³-hybridized carbons (Fsp3) is 0.524. The molecule has 3 heterocycles. The number of carbonyl (C=O) groups excluding carboxylic acids is 1. The van der Waals surface area contributed by atoms with Crippen LogP contribution in [0.15, 0.2) is 29.1 Å². The molecule has 0 unspecified atom stereocenters. The molecule has 0 N–H and O–H groups in total. The van der Waals surface area contributed by atoms with E-state index in [0.717, 1.165) is 62.1 Å². The molecule has 1 aromatic heterocycles. The number of aryl methyl sites for hydroxylation is 1. The van der Waals surface area contributed by atoms with Crippen LogP contribution in [0.5, 0.6) is 0 Å². The third-order valence-corrected chi connectivity index (χ3v) is 6.52. The third kappa shape index (κ3) is 2.69. The maximum atomic E-state index is 13.0. The molecule has 1 spiro atoms. The Balaban J connectivity index is 1.43. The van der Waals surface area contributed by atoms with E-state index in [-0.39, 0.29) is 16.9 Å². The van der Waals surface area contributed by atoms with Gasteiger partial charge in [0.25, 0.3) is 5.56 Å². The monoisotopic (exact) mass is 364 g/mol. The molecule has 2 aliphatic heterocycles. The first-order valence-corrected chi connectivity index (χ1v) is 9.91. The average molecular weight is 364 g/mol. The number of fused-ring (bicyclic) bond motifs is 2. The Hall–Kier alpha value is -2.50. The van der Waals surface area contributed by atoms with Gasteiger partial charge in [-0.2, -0.15) is 0 Å². The van der Waals surface area contributed by atoms with Crippen LogP contribution in [0.1, 0.15) is 43.5 Å². The van der Waals surface area contributed by atoms with Crippen LogP contribution >= 0.6 is 0 Å². The van der Waals surface area contributed by atoms with Gasteiger partial charge < -0.3 is 4.90 Å². The second-order valence-electron chi connectivity index (χ2n) is 8.32. The predicted molar refractivity (Wildman–Crippen MR) is 101 cm³/mol. The Morgan fingerprint density at radius 1 is 1.04 bits per heavy atom. The van der Waals surface area contributed by atoms with Crippen molar-refractivity contribution in [3.8, 4) is 11.3 Å². The molecule has 5 rings (SSSR count). The molecular formula is C21H24N4O2. The van der Waals surface area contributed by atoms with Crippen molar-refractivity contribution in [2.24, 2.45) is 5.92 Å². The summed E-state index contributed by atoms with van der Waals surface area (Å²) >= 11 is 0. The second kappa shape index (κ2) is 6.01. The van der Waals surface area contributed by atoms with Crippen LogP contribution in [0.25, 0.3) is 11.3 Å². The number of amides is 1. The van der Waals surface area contributed by atoms with Gasteiger partial charge in [0.2, 0.25) is 5.91 Å². The lowest BCUT2D eigenvalue weighted by molar-refractivity contribution is -0.134. The van der Waals surface area contributed by atoms with Gasteiger partial charge in [-0.3, -0.25) is 14.2 Å². The van der Waals surface area contributed by atoms with E-state index < -0.39 is 0 Å². The summed E-state index contributed by atoms with van der Waals surface area (Å²) < 4.78 is 1.82. The molecule has 6 nitrogen and oxygen atoms in total. The number of likely N-dealkylation sites (tertiary alicyclic amines) is 1. The molecule has 0 atom stereocenters. The first-order valence-electron chi connectivity index (χ1n) is 9.91. The lowest BCUT2D eigenvalue weighted by Crippen LogP contribution is -2.45. The van der Waals surface area contributed by atoms with Crippen LogP contribution < -0.4 is 5.56 Å². The number of hydrogen-bond acceptors (Lipinski definition) is 4. The number of piperidine rings is 1. The number of hydrogen-bond donors (Lipinski definition) is 0. The summed E-state index contributed by atoms with van der Waals surface area (Å²) in [6.07, 6.45) is 4.77. The maximum absolute atomic E-state index is 13.0. The molecule has 27 heavy (non-hydrogen) atoms. The van der Waals surface area contributed by atoms with Crippen molar-refractivity contribution in [1.29, 1.82) is 0 Å². The Labute approximate surface area is 158 Å². The Bertz CT molecular complexity index is 951. The highest BCUT2D eigenvalue weighted by Crippen LogP contribution is 2.42. The summed E-state index contributed by atoms with van der Waals surface area (Å²) in [4.78, 5) is 27.4. The normalized spacial score (nSPS) is 20.7. The Morgan fingerprint density at radius 3 is 2.37 bits per heavy atom. The van der Waals surface area contributed by atoms with E-state index in [0.29, 0.717) is 18.1 Å². The molecule has 0 bridgehead atoms. The van der Waals surface area contributed by atoms with E-state index >= 15 is 0 Å². The number of benzene rings is 1. The molecule has 0 radical (unpaired) electrons. The zero-order valence-corrected chi connectivity index (χ0v) is 15.6. The van der Waals surface area contributed by atoms with E-state index in [2.05, 4.69) is 10.2 Å². The molecule has 2 aromatic rings. The molecule has 2 fully saturated rings. The second-order valence-corrected chi connectivity index (χ2v) is 8.32. The smallest absolute Gasteiger partial charge is 0.280 e. The van der Waals surface area contributed by atoms with Crippen LogP contribution in [0.4, 0.5) is 0 Å². The summed E-state index contributed by atoms with van der Waals surface area (Å²) in [5.41, 5.74) is 2.26. The predicted octanol–water partition coefficient (Wildman–Crippen LogP) is 2.29. The minimum Gasteiger partial charge on any atom is -0.342 e. The summed E-state index contributed by atoms with van der Waals surface area (Å²) in [5.74, 6) is 1.41. The van der Waals surface area contributed by atoms with E-state index in [1.807, 2.05) is 40.7 Å². The summed E-state index contributed by atoms with van der Waals surface area (Å²) in [6.45, 7) is 4.25. The minimum atomic E-state index is -0.0989. The highest BCUT2D eigenvalue weighted by atomic mass is 16.2. The van der Waals surface area contributed by atoms with Crippen molar-refractivity contribution < 1.29 is 4.79 Å². The lowest BCUT2D eigenvalue weighted by atomic mass is 9.76. The van der Waals surface area contributed by atoms with E-state index in [4.69, 9.17) is 0 Å². The van der Waals surface area contributed by atoms with Crippen molar-refractivity contribution in [3.63, 3.8) is 0 Å². The summed E-state index contributed by atoms with van der Waals surface area (Å²) in [5, 5.41) is 8.85. The van der Waals surface area contributed by atoms with Gasteiger partial charge in [-0.1, -0.05) is 29.8 Å². The number of rotatable bonds is 2. The SMILES string of the molecule is Cc1ccc(-c2nnc3n(c2=O)CCC32CCN(C(=O)C3CC3)CC2)cc1. The van der Waals surface area contributed by atoms with E-state index in [1.165, 1.54) is 0 Å². The van der Waals surface area contributed by atoms with Gasteiger partial charge in [0.15, 0.2) is 5.69 Å². The zero-order chi connectivity index (χ0) is 18.6. The topological polar surface area (TPSA) is 68.1 Å². The molecular weight excluding hydrogens is 340 g/mol.